The van der Waals surface area contributed by atoms with Gasteiger partial charge in [0.05, 0.1) is 25.4 Å². The van der Waals surface area contributed by atoms with Gasteiger partial charge in [-0.15, -0.1) is 0 Å². The second-order valence-electron chi connectivity index (χ2n) is 15.5. The fourth-order valence-electron chi connectivity index (χ4n) is 6.73. The van der Waals surface area contributed by atoms with Crippen LogP contribution in [0.2, 0.25) is 0 Å². The van der Waals surface area contributed by atoms with Gasteiger partial charge in [0, 0.05) is 6.42 Å². The van der Waals surface area contributed by atoms with Crippen molar-refractivity contribution < 1.29 is 39.8 Å². The van der Waals surface area contributed by atoms with Crippen molar-refractivity contribution in [3.63, 3.8) is 0 Å². The first-order valence-corrected chi connectivity index (χ1v) is 22.5. The summed E-state index contributed by atoms with van der Waals surface area (Å²) in [7, 11) is 0. The molecule has 0 aromatic heterocycles. The monoisotopic (exact) mass is 790 g/mol. The Hall–Kier alpha value is -2.11. The van der Waals surface area contributed by atoms with Gasteiger partial charge in [0.2, 0.25) is 5.91 Å². The molecule has 0 aromatic rings. The Kier molecular flexibility index (Phi) is 34.5. The first kappa shape index (κ1) is 51.9. The normalized spacial score (nSPS) is 21.7. The molecule has 7 atom stereocenters. The predicted molar refractivity (Wildman–Crippen MR) is 230 cm³/mol. The summed E-state index contributed by atoms with van der Waals surface area (Å²) in [5.74, 6) is -0.186. The molecule has 9 heteroatoms. The number of aliphatic hydroxyl groups is 5. The van der Waals surface area contributed by atoms with E-state index in [1.165, 1.54) is 89.9 Å². The van der Waals surface area contributed by atoms with Gasteiger partial charge in [0.1, 0.15) is 24.4 Å². The van der Waals surface area contributed by atoms with Crippen LogP contribution in [0.5, 0.6) is 0 Å². The number of allylic oxidation sites excluding steroid dienone is 9. The van der Waals surface area contributed by atoms with Gasteiger partial charge in [0.15, 0.2) is 6.29 Å². The van der Waals surface area contributed by atoms with Crippen LogP contribution in [-0.4, -0.2) is 87.5 Å². The molecule has 1 saturated heterocycles. The van der Waals surface area contributed by atoms with Crippen molar-refractivity contribution in [1.82, 2.24) is 5.32 Å². The van der Waals surface area contributed by atoms with Crippen molar-refractivity contribution in [2.24, 2.45) is 0 Å². The van der Waals surface area contributed by atoms with Crippen molar-refractivity contribution in [3.8, 4) is 0 Å². The maximum Gasteiger partial charge on any atom is 0.220 e. The third-order valence-corrected chi connectivity index (χ3v) is 10.3. The van der Waals surface area contributed by atoms with E-state index in [1.807, 2.05) is 6.08 Å². The number of aliphatic hydroxyl groups excluding tert-OH is 5. The second-order valence-corrected chi connectivity index (χ2v) is 15.5. The van der Waals surface area contributed by atoms with Crippen LogP contribution < -0.4 is 5.32 Å². The molecule has 1 amide bonds. The smallest absolute Gasteiger partial charge is 0.220 e. The molecule has 0 bridgehead atoms. The van der Waals surface area contributed by atoms with Gasteiger partial charge in [-0.2, -0.15) is 0 Å². The molecular formula is C47H83NO8. The summed E-state index contributed by atoms with van der Waals surface area (Å²) >= 11 is 0. The number of hydrogen-bond donors (Lipinski definition) is 6. The zero-order valence-corrected chi connectivity index (χ0v) is 35.4. The average molecular weight is 790 g/mol. The summed E-state index contributed by atoms with van der Waals surface area (Å²) < 4.78 is 11.2. The van der Waals surface area contributed by atoms with E-state index in [-0.39, 0.29) is 12.5 Å². The largest absolute Gasteiger partial charge is 0.394 e. The molecule has 0 spiro atoms. The Labute approximate surface area is 341 Å². The molecule has 1 aliphatic rings. The highest BCUT2D eigenvalue weighted by Gasteiger charge is 2.44. The zero-order valence-electron chi connectivity index (χ0n) is 35.4. The summed E-state index contributed by atoms with van der Waals surface area (Å²) in [5, 5.41) is 53.9. The third kappa shape index (κ3) is 27.5. The minimum atomic E-state index is -1.57. The van der Waals surface area contributed by atoms with Crippen LogP contribution in [0.15, 0.2) is 60.8 Å². The third-order valence-electron chi connectivity index (χ3n) is 10.3. The number of amides is 1. The first-order chi connectivity index (χ1) is 27.3. The fraction of sp³-hybridized carbons (Fsp3) is 0.766. The lowest BCUT2D eigenvalue weighted by atomic mass is 9.99. The Balaban J connectivity index is 2.22. The van der Waals surface area contributed by atoms with E-state index in [0.29, 0.717) is 6.42 Å². The van der Waals surface area contributed by atoms with Crippen LogP contribution in [0, 0.1) is 0 Å². The number of carbonyl (C=O) groups is 1. The standard InChI is InChI=1S/C47H83NO8/c1-3-5-7-9-11-13-14-15-16-17-18-19-20-21-22-23-24-25-26-27-28-29-31-33-35-37-43(51)48-40(41(50)36-34-32-30-12-10-8-6-4-2)39-55-47-46(54)45(53)44(52)42(38-49)56-47/h5,7,11,13,15-16,18-19,34,36,40-42,44-47,49-50,52-54H,3-4,6,8-10,12,14,17,20-33,35,37-39H2,1-2H3,(H,48,51)/b7-5-,13-11-,16-15-,19-18-,36-34+. The number of unbranched alkanes of at least 4 members (excludes halogenated alkanes) is 18. The van der Waals surface area contributed by atoms with Crippen LogP contribution in [0.25, 0.3) is 0 Å². The number of nitrogens with one attached hydrogen (secondary N) is 1. The highest BCUT2D eigenvalue weighted by atomic mass is 16.7. The average Bonchev–Trinajstić information content (AvgIpc) is 3.20. The van der Waals surface area contributed by atoms with Gasteiger partial charge in [-0.25, -0.2) is 0 Å². The molecule has 9 nitrogen and oxygen atoms in total. The summed E-state index contributed by atoms with van der Waals surface area (Å²) in [4.78, 5) is 12.9. The predicted octanol–water partition coefficient (Wildman–Crippen LogP) is 9.22. The summed E-state index contributed by atoms with van der Waals surface area (Å²) in [5.41, 5.74) is 0. The summed E-state index contributed by atoms with van der Waals surface area (Å²) in [6.45, 7) is 3.60. The van der Waals surface area contributed by atoms with Gasteiger partial charge in [-0.05, 0) is 57.8 Å². The van der Waals surface area contributed by atoms with E-state index in [2.05, 4.69) is 67.8 Å². The summed E-state index contributed by atoms with van der Waals surface area (Å²) in [6, 6.07) is -0.804. The molecule has 56 heavy (non-hydrogen) atoms. The molecule has 0 aromatic carbocycles. The van der Waals surface area contributed by atoms with Gasteiger partial charge in [0.25, 0.3) is 0 Å². The number of hydrogen-bond acceptors (Lipinski definition) is 8. The SMILES string of the molecule is CC/C=C\C/C=C\C/C=C\C/C=C\CCCCCCCCCCCCCCC(=O)NC(COC1OC(CO)C(O)C(O)C1O)C(O)/C=C/CCCCCCCC. The number of carbonyl (C=O) groups excluding carboxylic acids is 1. The molecule has 7 unspecified atom stereocenters. The topological polar surface area (TPSA) is 149 Å². The molecule has 1 fully saturated rings. The Morgan fingerprint density at radius 3 is 1.64 bits per heavy atom. The lowest BCUT2D eigenvalue weighted by molar-refractivity contribution is -0.302. The number of ether oxygens (including phenoxy) is 2. The van der Waals surface area contributed by atoms with Crippen LogP contribution in [0.1, 0.15) is 174 Å². The summed E-state index contributed by atoms with van der Waals surface area (Å²) in [6.07, 6.45) is 41.4. The zero-order chi connectivity index (χ0) is 40.9. The Bertz CT molecular complexity index is 1060. The van der Waals surface area contributed by atoms with E-state index in [9.17, 15) is 30.3 Å². The van der Waals surface area contributed by atoms with E-state index in [1.54, 1.807) is 6.08 Å². The van der Waals surface area contributed by atoms with Crippen LogP contribution >= 0.6 is 0 Å². The molecule has 1 rings (SSSR count). The van der Waals surface area contributed by atoms with Gasteiger partial charge in [-0.1, -0.05) is 171 Å². The van der Waals surface area contributed by atoms with Gasteiger partial charge < -0.3 is 40.3 Å². The maximum atomic E-state index is 12.9. The molecular weight excluding hydrogens is 707 g/mol. The highest BCUT2D eigenvalue weighted by Crippen LogP contribution is 2.22. The number of rotatable bonds is 36. The molecule has 6 N–H and O–H groups in total. The van der Waals surface area contributed by atoms with Gasteiger partial charge in [-0.3, -0.25) is 4.79 Å². The minimum Gasteiger partial charge on any atom is -0.394 e. The van der Waals surface area contributed by atoms with E-state index >= 15 is 0 Å². The minimum absolute atomic E-state index is 0.186. The van der Waals surface area contributed by atoms with Crippen molar-refractivity contribution in [2.45, 2.75) is 217 Å². The first-order valence-electron chi connectivity index (χ1n) is 22.5. The Morgan fingerprint density at radius 1 is 0.625 bits per heavy atom. The van der Waals surface area contributed by atoms with Crippen molar-refractivity contribution in [3.05, 3.63) is 60.8 Å². The van der Waals surface area contributed by atoms with Gasteiger partial charge >= 0.3 is 0 Å². The highest BCUT2D eigenvalue weighted by molar-refractivity contribution is 5.76. The van der Waals surface area contributed by atoms with Crippen LogP contribution in [0.4, 0.5) is 0 Å². The molecule has 0 aliphatic carbocycles. The molecule has 1 aliphatic heterocycles. The Morgan fingerprint density at radius 2 is 1.11 bits per heavy atom. The van der Waals surface area contributed by atoms with Crippen molar-refractivity contribution in [1.29, 1.82) is 0 Å². The van der Waals surface area contributed by atoms with E-state index in [0.717, 1.165) is 64.2 Å². The fourth-order valence-corrected chi connectivity index (χ4v) is 6.73. The lowest BCUT2D eigenvalue weighted by Crippen LogP contribution is -2.60. The quantitative estimate of drug-likeness (QED) is 0.0272. The lowest BCUT2D eigenvalue weighted by Gasteiger charge is -2.40. The van der Waals surface area contributed by atoms with Crippen LogP contribution in [0.3, 0.4) is 0 Å². The van der Waals surface area contributed by atoms with E-state index in [4.69, 9.17) is 9.47 Å². The molecule has 324 valence electrons. The van der Waals surface area contributed by atoms with E-state index < -0.39 is 49.5 Å². The molecule has 0 radical (unpaired) electrons. The second kappa shape index (κ2) is 37.2. The van der Waals surface area contributed by atoms with Crippen molar-refractivity contribution >= 4 is 5.91 Å². The maximum absolute atomic E-state index is 12.9. The molecule has 0 saturated carbocycles. The van der Waals surface area contributed by atoms with Crippen LogP contribution in [-0.2, 0) is 14.3 Å². The van der Waals surface area contributed by atoms with Crippen molar-refractivity contribution in [2.75, 3.05) is 13.2 Å². The molecule has 1 heterocycles.